The molecule has 1 aromatic rings. The number of hydrogen-bond acceptors (Lipinski definition) is 5. The summed E-state index contributed by atoms with van der Waals surface area (Å²) in [7, 11) is 4.18. The number of pyridine rings is 1. The van der Waals surface area contributed by atoms with E-state index >= 15 is 0 Å². The Morgan fingerprint density at radius 3 is 2.65 bits per heavy atom. The van der Waals surface area contributed by atoms with Crippen molar-refractivity contribution >= 4 is 27.4 Å². The third-order valence-corrected chi connectivity index (χ3v) is 5.22. The summed E-state index contributed by atoms with van der Waals surface area (Å²) < 4.78 is 0.667. The van der Waals surface area contributed by atoms with Gasteiger partial charge in [-0.3, -0.25) is 10.1 Å². The summed E-state index contributed by atoms with van der Waals surface area (Å²) in [5.74, 6) is 0.668. The lowest BCUT2D eigenvalue weighted by molar-refractivity contribution is -0.385. The van der Waals surface area contributed by atoms with E-state index in [0.29, 0.717) is 15.9 Å². The van der Waals surface area contributed by atoms with Crippen LogP contribution in [0, 0.1) is 17.0 Å². The molecule has 0 aliphatic heterocycles. The molecule has 6 nitrogen and oxygen atoms in total. The largest absolute Gasteiger partial charge is 0.367 e. The van der Waals surface area contributed by atoms with Crippen LogP contribution in [0.15, 0.2) is 10.7 Å². The Bertz CT molecular complexity index is 529. The summed E-state index contributed by atoms with van der Waals surface area (Å²) in [6, 6.07) is 0. The molecule has 2 rings (SSSR count). The van der Waals surface area contributed by atoms with Crippen LogP contribution < -0.4 is 5.32 Å². The number of likely N-dealkylation sites (N-methyl/N-ethyl adjacent to an activating group) is 1. The summed E-state index contributed by atoms with van der Waals surface area (Å²) in [6.45, 7) is 2.52. The summed E-state index contributed by atoms with van der Waals surface area (Å²) >= 11 is 3.40. The van der Waals surface area contributed by atoms with Gasteiger partial charge in [0, 0.05) is 17.6 Å². The van der Waals surface area contributed by atoms with Crippen LogP contribution in [-0.4, -0.2) is 41.0 Å². The van der Waals surface area contributed by atoms with Gasteiger partial charge in [-0.05, 0) is 56.2 Å². The topological polar surface area (TPSA) is 71.3 Å². The van der Waals surface area contributed by atoms with Crippen molar-refractivity contribution in [2.24, 2.45) is 0 Å². The highest BCUT2D eigenvalue weighted by atomic mass is 79.9. The number of rotatable bonds is 5. The summed E-state index contributed by atoms with van der Waals surface area (Å²) in [6.07, 6.45) is 4.88. The molecule has 1 aliphatic carbocycles. The lowest BCUT2D eigenvalue weighted by Gasteiger charge is -2.47. The predicted molar refractivity (Wildman–Crippen MR) is 82.1 cm³/mol. The quantitative estimate of drug-likeness (QED) is 0.657. The highest BCUT2D eigenvalue weighted by Crippen LogP contribution is 2.37. The Balaban J connectivity index is 2.15. The maximum atomic E-state index is 10.9. The maximum absolute atomic E-state index is 10.9. The molecule has 1 fully saturated rings. The summed E-state index contributed by atoms with van der Waals surface area (Å²) in [5.41, 5.74) is 0.810. The van der Waals surface area contributed by atoms with Crippen LogP contribution >= 0.6 is 15.9 Å². The standard InChI is InChI=1S/C13H19BrN4O2/c1-9-10(18(19)20)7-15-12(11(9)14)16-8-13(17(2)3)5-4-6-13/h7H,4-6,8H2,1-3H3,(H,15,16). The first-order chi connectivity index (χ1) is 9.37. The minimum atomic E-state index is -0.413. The van der Waals surface area contributed by atoms with E-state index < -0.39 is 4.92 Å². The van der Waals surface area contributed by atoms with Gasteiger partial charge in [0.15, 0.2) is 0 Å². The lowest BCUT2D eigenvalue weighted by atomic mass is 9.75. The minimum Gasteiger partial charge on any atom is -0.367 e. The molecule has 0 bridgehead atoms. The van der Waals surface area contributed by atoms with Crippen molar-refractivity contribution in [1.29, 1.82) is 0 Å². The molecule has 110 valence electrons. The zero-order valence-electron chi connectivity index (χ0n) is 11.9. The smallest absolute Gasteiger partial charge is 0.291 e. The van der Waals surface area contributed by atoms with Crippen molar-refractivity contribution < 1.29 is 4.92 Å². The molecule has 1 N–H and O–H groups in total. The summed E-state index contributed by atoms with van der Waals surface area (Å²) in [5, 5.41) is 14.2. The fourth-order valence-corrected chi connectivity index (χ4v) is 2.94. The molecule has 0 aromatic carbocycles. The fourth-order valence-electron chi connectivity index (χ4n) is 2.49. The van der Waals surface area contributed by atoms with Gasteiger partial charge in [0.05, 0.1) is 9.40 Å². The molecule has 0 spiro atoms. The van der Waals surface area contributed by atoms with E-state index in [4.69, 9.17) is 0 Å². The molecule has 0 saturated heterocycles. The molecular formula is C13H19BrN4O2. The molecule has 0 radical (unpaired) electrons. The molecule has 0 unspecified atom stereocenters. The van der Waals surface area contributed by atoms with Crippen molar-refractivity contribution in [2.45, 2.75) is 31.7 Å². The van der Waals surface area contributed by atoms with Gasteiger partial charge in [-0.25, -0.2) is 4.98 Å². The third kappa shape index (κ3) is 2.64. The van der Waals surface area contributed by atoms with Gasteiger partial charge in [-0.1, -0.05) is 0 Å². The van der Waals surface area contributed by atoms with E-state index in [-0.39, 0.29) is 11.2 Å². The van der Waals surface area contributed by atoms with Gasteiger partial charge in [0.2, 0.25) is 0 Å². The molecule has 1 heterocycles. The number of hydrogen-bond donors (Lipinski definition) is 1. The van der Waals surface area contributed by atoms with Gasteiger partial charge >= 0.3 is 0 Å². The number of anilines is 1. The van der Waals surface area contributed by atoms with Gasteiger partial charge in [0.1, 0.15) is 12.0 Å². The monoisotopic (exact) mass is 342 g/mol. The van der Waals surface area contributed by atoms with Crippen LogP contribution in [0.5, 0.6) is 0 Å². The molecular weight excluding hydrogens is 324 g/mol. The molecule has 1 saturated carbocycles. The number of nitrogens with one attached hydrogen (secondary N) is 1. The lowest BCUT2D eigenvalue weighted by Crippen LogP contribution is -2.54. The second kappa shape index (κ2) is 5.65. The van der Waals surface area contributed by atoms with Crippen LogP contribution in [0.1, 0.15) is 24.8 Å². The average Bonchev–Trinajstić information content (AvgIpc) is 2.32. The van der Waals surface area contributed by atoms with Crippen molar-refractivity contribution in [3.05, 3.63) is 26.3 Å². The SMILES string of the molecule is Cc1c([N+](=O)[O-])cnc(NCC2(N(C)C)CCC2)c1Br. The predicted octanol–water partition coefficient (Wildman–Crippen LogP) is 2.96. The van der Waals surface area contributed by atoms with E-state index in [1.807, 2.05) is 0 Å². The van der Waals surface area contributed by atoms with E-state index in [1.165, 1.54) is 12.6 Å². The molecule has 1 aliphatic rings. The van der Waals surface area contributed by atoms with Gasteiger partial charge < -0.3 is 10.2 Å². The number of aromatic nitrogens is 1. The molecule has 0 atom stereocenters. The maximum Gasteiger partial charge on any atom is 0.291 e. The first-order valence-electron chi connectivity index (χ1n) is 6.58. The van der Waals surface area contributed by atoms with Crippen LogP contribution in [0.25, 0.3) is 0 Å². The number of nitrogens with zero attached hydrogens (tertiary/aromatic N) is 3. The van der Waals surface area contributed by atoms with E-state index in [2.05, 4.69) is 45.2 Å². The normalized spacial score (nSPS) is 16.9. The zero-order valence-corrected chi connectivity index (χ0v) is 13.5. The van der Waals surface area contributed by atoms with Crippen molar-refractivity contribution in [2.75, 3.05) is 26.0 Å². The second-order valence-electron chi connectivity index (χ2n) is 5.51. The Kier molecular flexibility index (Phi) is 4.29. The minimum absolute atomic E-state index is 0.0355. The highest BCUT2D eigenvalue weighted by Gasteiger charge is 2.39. The first kappa shape index (κ1) is 15.2. The molecule has 7 heteroatoms. The Labute approximate surface area is 126 Å². The van der Waals surface area contributed by atoms with Crippen LogP contribution in [0.3, 0.4) is 0 Å². The van der Waals surface area contributed by atoms with Gasteiger partial charge in [-0.15, -0.1) is 0 Å². The van der Waals surface area contributed by atoms with Gasteiger partial charge in [-0.2, -0.15) is 0 Å². The van der Waals surface area contributed by atoms with Crippen molar-refractivity contribution in [1.82, 2.24) is 9.88 Å². The molecule has 20 heavy (non-hydrogen) atoms. The molecule has 1 aromatic heterocycles. The zero-order chi connectivity index (χ0) is 14.9. The van der Waals surface area contributed by atoms with Crippen molar-refractivity contribution in [3.8, 4) is 0 Å². The van der Waals surface area contributed by atoms with Crippen LogP contribution in [0.2, 0.25) is 0 Å². The van der Waals surface area contributed by atoms with E-state index in [0.717, 1.165) is 19.4 Å². The Hall–Kier alpha value is -1.21. The number of halogens is 1. The van der Waals surface area contributed by atoms with E-state index in [9.17, 15) is 10.1 Å². The van der Waals surface area contributed by atoms with E-state index in [1.54, 1.807) is 6.92 Å². The third-order valence-electron chi connectivity index (χ3n) is 4.25. The summed E-state index contributed by atoms with van der Waals surface area (Å²) in [4.78, 5) is 16.9. The Morgan fingerprint density at radius 2 is 2.20 bits per heavy atom. The second-order valence-corrected chi connectivity index (χ2v) is 6.31. The van der Waals surface area contributed by atoms with Crippen LogP contribution in [0.4, 0.5) is 11.5 Å². The molecule has 0 amide bonds. The average molecular weight is 343 g/mol. The van der Waals surface area contributed by atoms with Gasteiger partial charge in [0.25, 0.3) is 5.69 Å². The van der Waals surface area contributed by atoms with Crippen molar-refractivity contribution in [3.63, 3.8) is 0 Å². The highest BCUT2D eigenvalue weighted by molar-refractivity contribution is 9.10. The first-order valence-corrected chi connectivity index (χ1v) is 7.37. The fraction of sp³-hybridized carbons (Fsp3) is 0.615. The number of nitro groups is 1. The Morgan fingerprint density at radius 1 is 1.55 bits per heavy atom. The van der Waals surface area contributed by atoms with Crippen LogP contribution in [-0.2, 0) is 0 Å².